The van der Waals surface area contributed by atoms with E-state index in [4.69, 9.17) is 15.6 Å². The Hall–Kier alpha value is -1.07. The van der Waals surface area contributed by atoms with Gasteiger partial charge in [-0.15, -0.1) is 0 Å². The van der Waals surface area contributed by atoms with Gasteiger partial charge in [-0.2, -0.15) is 0 Å². The summed E-state index contributed by atoms with van der Waals surface area (Å²) in [6.07, 6.45) is 0. The maximum absolute atomic E-state index is 10.6. The second kappa shape index (κ2) is 4.97. The molecule has 0 amide bonds. The van der Waals surface area contributed by atoms with Crippen molar-refractivity contribution in [3.63, 3.8) is 0 Å². The van der Waals surface area contributed by atoms with Crippen molar-refractivity contribution < 1.29 is 14.6 Å². The number of carbonyl (C=O) groups is 1. The average Bonchev–Trinajstić information content (AvgIpc) is 2.15. The summed E-state index contributed by atoms with van der Waals surface area (Å²) < 4.78 is 5.87. The van der Waals surface area contributed by atoms with Crippen LogP contribution in [0.4, 0.5) is 0 Å². The molecule has 0 heterocycles. The molecule has 0 aliphatic rings. The highest BCUT2D eigenvalue weighted by molar-refractivity contribution is 9.10. The van der Waals surface area contributed by atoms with Gasteiger partial charge < -0.3 is 15.6 Å². The van der Waals surface area contributed by atoms with E-state index in [0.717, 1.165) is 0 Å². The summed E-state index contributed by atoms with van der Waals surface area (Å²) in [7, 11) is 0. The molecule has 3 N–H and O–H groups in total. The maximum atomic E-state index is 10.6. The number of benzene rings is 1. The lowest BCUT2D eigenvalue weighted by molar-refractivity contribution is 0.0697. The van der Waals surface area contributed by atoms with E-state index in [1.807, 2.05) is 0 Å². The van der Waals surface area contributed by atoms with E-state index in [1.54, 1.807) is 6.07 Å². The number of carboxylic acids is 1. The van der Waals surface area contributed by atoms with Gasteiger partial charge in [0.1, 0.15) is 12.4 Å². The highest BCUT2D eigenvalue weighted by Gasteiger charge is 2.06. The number of hydrogen-bond donors (Lipinski definition) is 2. The average molecular weight is 260 g/mol. The molecular weight excluding hydrogens is 250 g/mol. The summed E-state index contributed by atoms with van der Waals surface area (Å²) >= 11 is 3.22. The number of carboxylic acid groups (broad SMARTS) is 1. The first-order chi connectivity index (χ1) is 6.65. The van der Waals surface area contributed by atoms with E-state index in [2.05, 4.69) is 15.9 Å². The van der Waals surface area contributed by atoms with Gasteiger partial charge in [0.15, 0.2) is 0 Å². The SMILES string of the molecule is NCCOc1ccc(C(=O)O)cc1Br. The summed E-state index contributed by atoms with van der Waals surface area (Å²) in [4.78, 5) is 10.6. The topological polar surface area (TPSA) is 72.5 Å². The monoisotopic (exact) mass is 259 g/mol. The fraction of sp³-hybridized carbons (Fsp3) is 0.222. The Morgan fingerprint density at radius 1 is 1.57 bits per heavy atom. The molecule has 0 aliphatic carbocycles. The molecule has 1 rings (SSSR count). The first kappa shape index (κ1) is 11.0. The van der Waals surface area contributed by atoms with Crippen LogP contribution < -0.4 is 10.5 Å². The van der Waals surface area contributed by atoms with Gasteiger partial charge in [0.05, 0.1) is 10.0 Å². The molecule has 0 unspecified atom stereocenters. The van der Waals surface area contributed by atoms with Gasteiger partial charge in [-0.05, 0) is 34.1 Å². The van der Waals surface area contributed by atoms with Crippen molar-refractivity contribution in [1.82, 2.24) is 0 Å². The molecule has 0 fully saturated rings. The lowest BCUT2D eigenvalue weighted by Gasteiger charge is -2.06. The smallest absolute Gasteiger partial charge is 0.335 e. The van der Waals surface area contributed by atoms with Crippen molar-refractivity contribution in [2.24, 2.45) is 5.73 Å². The van der Waals surface area contributed by atoms with Gasteiger partial charge in [0, 0.05) is 6.54 Å². The van der Waals surface area contributed by atoms with Crippen LogP contribution in [0.15, 0.2) is 22.7 Å². The number of ether oxygens (including phenoxy) is 1. The Balaban J connectivity index is 2.84. The number of nitrogens with two attached hydrogens (primary N) is 1. The van der Waals surface area contributed by atoms with E-state index in [1.165, 1.54) is 12.1 Å². The quantitative estimate of drug-likeness (QED) is 0.860. The Morgan fingerprint density at radius 2 is 2.29 bits per heavy atom. The van der Waals surface area contributed by atoms with Crippen LogP contribution in [0.1, 0.15) is 10.4 Å². The molecule has 1 aromatic rings. The van der Waals surface area contributed by atoms with Crippen LogP contribution in [0.2, 0.25) is 0 Å². The maximum Gasteiger partial charge on any atom is 0.335 e. The Bertz CT molecular complexity index is 341. The number of rotatable bonds is 4. The molecule has 0 bridgehead atoms. The summed E-state index contributed by atoms with van der Waals surface area (Å²) in [6, 6.07) is 4.58. The third kappa shape index (κ3) is 2.71. The molecule has 4 nitrogen and oxygen atoms in total. The zero-order valence-corrected chi connectivity index (χ0v) is 8.95. The fourth-order valence-corrected chi connectivity index (χ4v) is 1.41. The summed E-state index contributed by atoms with van der Waals surface area (Å²) in [5.41, 5.74) is 5.49. The number of hydrogen-bond acceptors (Lipinski definition) is 3. The van der Waals surface area contributed by atoms with E-state index < -0.39 is 5.97 Å². The standard InChI is InChI=1S/C9H10BrNO3/c10-7-5-6(9(12)13)1-2-8(7)14-4-3-11/h1-2,5H,3-4,11H2,(H,12,13). The molecule has 0 saturated heterocycles. The fourth-order valence-electron chi connectivity index (χ4n) is 0.920. The summed E-state index contributed by atoms with van der Waals surface area (Å²) in [6.45, 7) is 0.831. The van der Waals surface area contributed by atoms with Gasteiger partial charge in [-0.1, -0.05) is 0 Å². The molecule has 5 heteroatoms. The van der Waals surface area contributed by atoms with Crippen LogP contribution in [0, 0.1) is 0 Å². The second-order valence-electron chi connectivity index (χ2n) is 2.59. The highest BCUT2D eigenvalue weighted by Crippen LogP contribution is 2.25. The van der Waals surface area contributed by atoms with Crippen molar-refractivity contribution in [3.8, 4) is 5.75 Å². The molecule has 1 aromatic carbocycles. The predicted octanol–water partition coefficient (Wildman–Crippen LogP) is 1.48. The van der Waals surface area contributed by atoms with Crippen LogP contribution in [0.5, 0.6) is 5.75 Å². The molecule has 0 radical (unpaired) electrons. The molecule has 0 spiro atoms. The summed E-state index contributed by atoms with van der Waals surface area (Å²) in [5, 5.41) is 8.69. The number of aromatic carboxylic acids is 1. The zero-order valence-electron chi connectivity index (χ0n) is 7.37. The first-order valence-corrected chi connectivity index (χ1v) is 4.80. The van der Waals surface area contributed by atoms with Gasteiger partial charge in [0.2, 0.25) is 0 Å². The van der Waals surface area contributed by atoms with Gasteiger partial charge in [-0.3, -0.25) is 0 Å². The summed E-state index contributed by atoms with van der Waals surface area (Å²) in [5.74, 6) is -0.364. The normalized spacial score (nSPS) is 9.86. The first-order valence-electron chi connectivity index (χ1n) is 4.01. The van der Waals surface area contributed by atoms with E-state index in [9.17, 15) is 4.79 Å². The molecule has 0 saturated carbocycles. The van der Waals surface area contributed by atoms with Crippen molar-refractivity contribution in [2.75, 3.05) is 13.2 Å². The molecular formula is C9H10BrNO3. The van der Waals surface area contributed by atoms with Gasteiger partial charge in [-0.25, -0.2) is 4.79 Å². The van der Waals surface area contributed by atoms with Crippen LogP contribution in [-0.4, -0.2) is 24.2 Å². The van der Waals surface area contributed by atoms with Gasteiger partial charge >= 0.3 is 5.97 Å². The predicted molar refractivity (Wildman–Crippen MR) is 55.7 cm³/mol. The third-order valence-electron chi connectivity index (χ3n) is 1.55. The van der Waals surface area contributed by atoms with E-state index >= 15 is 0 Å². The van der Waals surface area contributed by atoms with Crippen LogP contribution in [0.25, 0.3) is 0 Å². The molecule has 0 aromatic heterocycles. The Labute approximate surface area is 89.8 Å². The number of halogens is 1. The zero-order chi connectivity index (χ0) is 10.6. The van der Waals surface area contributed by atoms with Crippen LogP contribution >= 0.6 is 15.9 Å². The second-order valence-corrected chi connectivity index (χ2v) is 3.44. The van der Waals surface area contributed by atoms with Gasteiger partial charge in [0.25, 0.3) is 0 Å². The van der Waals surface area contributed by atoms with Crippen molar-refractivity contribution in [1.29, 1.82) is 0 Å². The minimum atomic E-state index is -0.962. The van der Waals surface area contributed by atoms with Crippen molar-refractivity contribution >= 4 is 21.9 Å². The van der Waals surface area contributed by atoms with Crippen molar-refractivity contribution in [2.45, 2.75) is 0 Å². The van der Waals surface area contributed by atoms with Crippen LogP contribution in [0.3, 0.4) is 0 Å². The van der Waals surface area contributed by atoms with Crippen molar-refractivity contribution in [3.05, 3.63) is 28.2 Å². The Morgan fingerprint density at radius 3 is 2.79 bits per heavy atom. The Kier molecular flexibility index (Phi) is 3.91. The van der Waals surface area contributed by atoms with Crippen LogP contribution in [-0.2, 0) is 0 Å². The molecule has 0 atom stereocenters. The largest absolute Gasteiger partial charge is 0.491 e. The minimum absolute atomic E-state index is 0.219. The molecule has 14 heavy (non-hydrogen) atoms. The molecule has 76 valence electrons. The third-order valence-corrected chi connectivity index (χ3v) is 2.17. The highest BCUT2D eigenvalue weighted by atomic mass is 79.9. The minimum Gasteiger partial charge on any atom is -0.491 e. The van der Waals surface area contributed by atoms with E-state index in [0.29, 0.717) is 23.4 Å². The lowest BCUT2D eigenvalue weighted by atomic mass is 10.2. The molecule has 0 aliphatic heterocycles. The van der Waals surface area contributed by atoms with E-state index in [-0.39, 0.29) is 5.56 Å². The lowest BCUT2D eigenvalue weighted by Crippen LogP contribution is -2.11.